The average Bonchev–Trinajstić information content (AvgIpc) is 2.51. The topological polar surface area (TPSA) is 37.4 Å². The molecule has 0 atom stereocenters. The Hall–Kier alpha value is -2.07. The highest BCUT2D eigenvalue weighted by molar-refractivity contribution is 5.42. The van der Waals surface area contributed by atoms with Crippen molar-refractivity contribution in [2.75, 3.05) is 31.1 Å². The first-order chi connectivity index (χ1) is 9.81. The predicted molar refractivity (Wildman–Crippen MR) is 80.6 cm³/mol. The normalized spacial score (nSPS) is 15.2. The highest BCUT2D eigenvalue weighted by Crippen LogP contribution is 2.22. The third kappa shape index (κ3) is 3.08. The molecule has 0 bridgehead atoms. The Morgan fingerprint density at radius 1 is 1.05 bits per heavy atom. The van der Waals surface area contributed by atoms with Gasteiger partial charge in [-0.05, 0) is 25.1 Å². The maximum Gasteiger partial charge on any atom is 0.221 e. The van der Waals surface area contributed by atoms with Crippen LogP contribution in [0.3, 0.4) is 0 Å². The number of aryl methyl sites for hydroxylation is 1. The quantitative estimate of drug-likeness (QED) is 0.929. The lowest BCUT2D eigenvalue weighted by molar-refractivity contribution is 0.461. The number of nitrogens with zero attached hydrogens (tertiary/aromatic N) is 2. The van der Waals surface area contributed by atoms with Gasteiger partial charge in [0.2, 0.25) is 5.88 Å². The first-order valence-corrected chi connectivity index (χ1v) is 6.98. The van der Waals surface area contributed by atoms with Crippen LogP contribution in [0, 0.1) is 6.92 Å². The zero-order valence-corrected chi connectivity index (χ0v) is 11.7. The van der Waals surface area contributed by atoms with Gasteiger partial charge in [0, 0.05) is 32.2 Å². The van der Waals surface area contributed by atoms with Crippen molar-refractivity contribution in [2.24, 2.45) is 0 Å². The van der Waals surface area contributed by atoms with Crippen LogP contribution in [0.15, 0.2) is 42.5 Å². The second-order valence-corrected chi connectivity index (χ2v) is 4.99. The van der Waals surface area contributed by atoms with Crippen LogP contribution >= 0.6 is 0 Å². The SMILES string of the molecule is Cc1ccc(Oc2cccc(N3CCNCC3)n2)cc1. The Balaban J connectivity index is 1.75. The molecule has 4 nitrogen and oxygen atoms in total. The number of benzene rings is 1. The summed E-state index contributed by atoms with van der Waals surface area (Å²) in [6.07, 6.45) is 0. The van der Waals surface area contributed by atoms with Crippen molar-refractivity contribution in [3.05, 3.63) is 48.0 Å². The summed E-state index contributed by atoms with van der Waals surface area (Å²) in [5, 5.41) is 3.34. The minimum atomic E-state index is 0.643. The Bertz CT molecular complexity index is 562. The standard InChI is InChI=1S/C16H19N3O/c1-13-5-7-14(8-6-13)20-16-4-2-3-15(18-16)19-11-9-17-10-12-19/h2-8,17H,9-12H2,1H3. The summed E-state index contributed by atoms with van der Waals surface area (Å²) < 4.78 is 5.81. The minimum Gasteiger partial charge on any atom is -0.439 e. The average molecular weight is 269 g/mol. The molecule has 0 spiro atoms. The lowest BCUT2D eigenvalue weighted by Crippen LogP contribution is -2.43. The third-order valence-corrected chi connectivity index (χ3v) is 3.39. The van der Waals surface area contributed by atoms with Gasteiger partial charge in [0.05, 0.1) is 0 Å². The molecule has 4 heteroatoms. The molecule has 1 aromatic carbocycles. The van der Waals surface area contributed by atoms with E-state index in [4.69, 9.17) is 4.74 Å². The van der Waals surface area contributed by atoms with Crippen molar-refractivity contribution in [2.45, 2.75) is 6.92 Å². The van der Waals surface area contributed by atoms with Crippen LogP contribution < -0.4 is 15.0 Å². The number of hydrogen-bond donors (Lipinski definition) is 1. The summed E-state index contributed by atoms with van der Waals surface area (Å²) in [5.74, 6) is 2.45. The first-order valence-electron chi connectivity index (χ1n) is 6.98. The monoisotopic (exact) mass is 269 g/mol. The Morgan fingerprint density at radius 3 is 2.55 bits per heavy atom. The number of hydrogen-bond acceptors (Lipinski definition) is 4. The van der Waals surface area contributed by atoms with Crippen molar-refractivity contribution in [3.63, 3.8) is 0 Å². The van der Waals surface area contributed by atoms with Crippen molar-refractivity contribution < 1.29 is 4.74 Å². The molecular formula is C16H19N3O. The van der Waals surface area contributed by atoms with Crippen LogP contribution in [0.4, 0.5) is 5.82 Å². The highest BCUT2D eigenvalue weighted by atomic mass is 16.5. The van der Waals surface area contributed by atoms with Gasteiger partial charge in [0.15, 0.2) is 0 Å². The van der Waals surface area contributed by atoms with E-state index < -0.39 is 0 Å². The second-order valence-electron chi connectivity index (χ2n) is 4.99. The molecule has 2 heterocycles. The van der Waals surface area contributed by atoms with Gasteiger partial charge in [0.25, 0.3) is 0 Å². The molecular weight excluding hydrogens is 250 g/mol. The maximum absolute atomic E-state index is 5.81. The van der Waals surface area contributed by atoms with Crippen LogP contribution in [0.25, 0.3) is 0 Å². The summed E-state index contributed by atoms with van der Waals surface area (Å²) in [4.78, 5) is 6.87. The summed E-state index contributed by atoms with van der Waals surface area (Å²) in [5.41, 5.74) is 1.22. The van der Waals surface area contributed by atoms with Gasteiger partial charge in [-0.15, -0.1) is 0 Å². The number of ether oxygens (including phenoxy) is 1. The number of nitrogens with one attached hydrogen (secondary N) is 1. The van der Waals surface area contributed by atoms with Crippen molar-refractivity contribution in [1.82, 2.24) is 10.3 Å². The number of anilines is 1. The van der Waals surface area contributed by atoms with E-state index in [0.29, 0.717) is 5.88 Å². The summed E-state index contributed by atoms with van der Waals surface area (Å²) >= 11 is 0. The van der Waals surface area contributed by atoms with Gasteiger partial charge in [0.1, 0.15) is 11.6 Å². The van der Waals surface area contributed by atoms with Crippen LogP contribution in [0.5, 0.6) is 11.6 Å². The molecule has 2 aromatic rings. The first kappa shape index (κ1) is 12.9. The fourth-order valence-corrected chi connectivity index (χ4v) is 2.26. The lowest BCUT2D eigenvalue weighted by atomic mass is 10.2. The molecule has 1 saturated heterocycles. The van der Waals surface area contributed by atoms with E-state index in [0.717, 1.165) is 37.7 Å². The molecule has 20 heavy (non-hydrogen) atoms. The third-order valence-electron chi connectivity index (χ3n) is 3.39. The number of aromatic nitrogens is 1. The van der Waals surface area contributed by atoms with E-state index in [1.807, 2.05) is 42.5 Å². The lowest BCUT2D eigenvalue weighted by Gasteiger charge is -2.28. The van der Waals surface area contributed by atoms with E-state index in [1.54, 1.807) is 0 Å². The van der Waals surface area contributed by atoms with Crippen LogP contribution in [0.2, 0.25) is 0 Å². The van der Waals surface area contributed by atoms with Gasteiger partial charge >= 0.3 is 0 Å². The van der Waals surface area contributed by atoms with Gasteiger partial charge < -0.3 is 15.0 Å². The molecule has 1 N–H and O–H groups in total. The Kier molecular flexibility index (Phi) is 3.83. The van der Waals surface area contributed by atoms with E-state index in [9.17, 15) is 0 Å². The molecule has 0 aliphatic carbocycles. The smallest absolute Gasteiger partial charge is 0.221 e. The van der Waals surface area contributed by atoms with Gasteiger partial charge in [-0.1, -0.05) is 23.8 Å². The van der Waals surface area contributed by atoms with E-state index in [2.05, 4.69) is 22.1 Å². The number of piperazine rings is 1. The van der Waals surface area contributed by atoms with Crippen LogP contribution in [-0.4, -0.2) is 31.2 Å². The molecule has 0 saturated carbocycles. The molecule has 0 unspecified atom stereocenters. The molecule has 104 valence electrons. The molecule has 0 amide bonds. The minimum absolute atomic E-state index is 0.643. The second kappa shape index (κ2) is 5.92. The zero-order valence-electron chi connectivity index (χ0n) is 11.7. The summed E-state index contributed by atoms with van der Waals surface area (Å²) in [7, 11) is 0. The molecule has 1 aliphatic rings. The predicted octanol–water partition coefficient (Wildman–Crippen LogP) is 2.59. The zero-order chi connectivity index (χ0) is 13.8. The van der Waals surface area contributed by atoms with E-state index in [-0.39, 0.29) is 0 Å². The maximum atomic E-state index is 5.81. The largest absolute Gasteiger partial charge is 0.439 e. The molecule has 0 radical (unpaired) electrons. The fourth-order valence-electron chi connectivity index (χ4n) is 2.26. The van der Waals surface area contributed by atoms with Crippen molar-refractivity contribution in [1.29, 1.82) is 0 Å². The number of pyridine rings is 1. The van der Waals surface area contributed by atoms with E-state index in [1.165, 1.54) is 5.56 Å². The van der Waals surface area contributed by atoms with Gasteiger partial charge in [-0.2, -0.15) is 4.98 Å². The Morgan fingerprint density at radius 2 is 1.80 bits per heavy atom. The van der Waals surface area contributed by atoms with Crippen LogP contribution in [0.1, 0.15) is 5.56 Å². The Labute approximate surface area is 119 Å². The highest BCUT2D eigenvalue weighted by Gasteiger charge is 2.12. The van der Waals surface area contributed by atoms with Gasteiger partial charge in [-0.25, -0.2) is 0 Å². The molecule has 1 aromatic heterocycles. The van der Waals surface area contributed by atoms with Gasteiger partial charge in [-0.3, -0.25) is 0 Å². The molecule has 1 aliphatic heterocycles. The van der Waals surface area contributed by atoms with E-state index >= 15 is 0 Å². The van der Waals surface area contributed by atoms with Crippen molar-refractivity contribution in [3.8, 4) is 11.6 Å². The molecule has 3 rings (SSSR count). The molecule has 1 fully saturated rings. The fraction of sp³-hybridized carbons (Fsp3) is 0.312. The number of rotatable bonds is 3. The summed E-state index contributed by atoms with van der Waals surface area (Å²) in [6, 6.07) is 13.9. The summed E-state index contributed by atoms with van der Waals surface area (Å²) in [6.45, 7) is 6.05. The van der Waals surface area contributed by atoms with Crippen molar-refractivity contribution >= 4 is 5.82 Å². The van der Waals surface area contributed by atoms with Crippen LogP contribution in [-0.2, 0) is 0 Å².